The van der Waals surface area contributed by atoms with Gasteiger partial charge in [0.05, 0.1) is 17.6 Å². The van der Waals surface area contributed by atoms with E-state index >= 15 is 0 Å². The molecule has 8 nitrogen and oxygen atoms in total. The molecule has 0 aliphatic rings. The smallest absolute Gasteiger partial charge is 0.369 e. The van der Waals surface area contributed by atoms with E-state index in [0.29, 0.717) is 0 Å². The first-order chi connectivity index (χ1) is 10.0. The standard InChI is InChI=1S/C11H8FN3O5S/c1-2-19-10(16)9-13-14-11(21-9)20-8-4-3-6(15(17)18)5-7(8)12/h3-5H,2H2,1H3. The lowest BCUT2D eigenvalue weighted by Crippen LogP contribution is -2.03. The number of nitro groups is 1. The molecule has 0 saturated carbocycles. The van der Waals surface area contributed by atoms with Crippen LogP contribution in [0.25, 0.3) is 0 Å². The van der Waals surface area contributed by atoms with Crippen molar-refractivity contribution in [2.24, 2.45) is 0 Å². The zero-order chi connectivity index (χ0) is 15.4. The first kappa shape index (κ1) is 14.8. The van der Waals surface area contributed by atoms with Gasteiger partial charge in [-0.1, -0.05) is 5.10 Å². The number of rotatable bonds is 5. The van der Waals surface area contributed by atoms with Crippen molar-refractivity contribution in [3.8, 4) is 10.9 Å². The highest BCUT2D eigenvalue weighted by molar-refractivity contribution is 7.14. The van der Waals surface area contributed by atoms with Crippen LogP contribution in [0, 0.1) is 15.9 Å². The van der Waals surface area contributed by atoms with Crippen LogP contribution in [0.4, 0.5) is 10.1 Å². The minimum Gasteiger partial charge on any atom is -0.461 e. The van der Waals surface area contributed by atoms with Crippen molar-refractivity contribution in [1.29, 1.82) is 0 Å². The Labute approximate surface area is 121 Å². The van der Waals surface area contributed by atoms with Gasteiger partial charge in [0.15, 0.2) is 11.6 Å². The summed E-state index contributed by atoms with van der Waals surface area (Å²) in [6.45, 7) is 1.83. The molecule has 110 valence electrons. The van der Waals surface area contributed by atoms with Crippen LogP contribution in [-0.4, -0.2) is 27.7 Å². The number of hydrogen-bond donors (Lipinski definition) is 0. The van der Waals surface area contributed by atoms with Crippen molar-refractivity contribution in [1.82, 2.24) is 10.2 Å². The maximum atomic E-state index is 13.6. The summed E-state index contributed by atoms with van der Waals surface area (Å²) in [4.78, 5) is 21.1. The molecule has 0 bridgehead atoms. The lowest BCUT2D eigenvalue weighted by atomic mass is 10.3. The average Bonchev–Trinajstić information content (AvgIpc) is 2.90. The Morgan fingerprint density at radius 1 is 1.48 bits per heavy atom. The van der Waals surface area contributed by atoms with Crippen LogP contribution >= 0.6 is 11.3 Å². The first-order valence-electron chi connectivity index (χ1n) is 5.63. The van der Waals surface area contributed by atoms with Gasteiger partial charge in [0.25, 0.3) is 10.9 Å². The summed E-state index contributed by atoms with van der Waals surface area (Å²) in [7, 11) is 0. The number of esters is 1. The molecule has 1 heterocycles. The molecule has 0 fully saturated rings. The molecular formula is C11H8FN3O5S. The molecule has 2 aromatic rings. The van der Waals surface area contributed by atoms with E-state index in [1.165, 1.54) is 0 Å². The Kier molecular flexibility index (Phi) is 4.38. The molecule has 1 aromatic heterocycles. The van der Waals surface area contributed by atoms with E-state index in [4.69, 9.17) is 9.47 Å². The summed E-state index contributed by atoms with van der Waals surface area (Å²) in [6.07, 6.45) is 0. The fourth-order valence-electron chi connectivity index (χ4n) is 1.31. The number of halogens is 1. The zero-order valence-corrected chi connectivity index (χ0v) is 11.4. The minimum absolute atomic E-state index is 0.0332. The predicted molar refractivity (Wildman–Crippen MR) is 69.0 cm³/mol. The number of non-ortho nitro benzene ring substituents is 1. The fourth-order valence-corrected chi connectivity index (χ4v) is 1.91. The molecule has 21 heavy (non-hydrogen) atoms. The van der Waals surface area contributed by atoms with Crippen molar-refractivity contribution < 1.29 is 23.6 Å². The minimum atomic E-state index is -0.919. The highest BCUT2D eigenvalue weighted by atomic mass is 32.1. The predicted octanol–water partition coefficient (Wildman–Crippen LogP) is 2.55. The Balaban J connectivity index is 2.15. The second kappa shape index (κ2) is 6.22. The van der Waals surface area contributed by atoms with Gasteiger partial charge in [0.2, 0.25) is 5.01 Å². The Morgan fingerprint density at radius 3 is 2.86 bits per heavy atom. The van der Waals surface area contributed by atoms with Crippen molar-refractivity contribution in [2.75, 3.05) is 6.61 Å². The normalized spacial score (nSPS) is 10.2. The maximum Gasteiger partial charge on any atom is 0.369 e. The third kappa shape index (κ3) is 3.48. The van der Waals surface area contributed by atoms with Gasteiger partial charge in [0.1, 0.15) is 0 Å². The van der Waals surface area contributed by atoms with E-state index in [-0.39, 0.29) is 22.6 Å². The molecule has 0 N–H and O–H groups in total. The van der Waals surface area contributed by atoms with Crippen LogP contribution in [0.15, 0.2) is 18.2 Å². The molecule has 2 rings (SSSR count). The van der Waals surface area contributed by atoms with Crippen molar-refractivity contribution >= 4 is 23.0 Å². The largest absolute Gasteiger partial charge is 0.461 e. The van der Waals surface area contributed by atoms with Gasteiger partial charge in [-0.15, -0.1) is 5.10 Å². The molecule has 0 aliphatic carbocycles. The molecule has 0 radical (unpaired) electrons. The van der Waals surface area contributed by atoms with Crippen molar-refractivity contribution in [3.63, 3.8) is 0 Å². The van der Waals surface area contributed by atoms with Crippen molar-refractivity contribution in [3.05, 3.63) is 39.1 Å². The maximum absolute atomic E-state index is 13.6. The lowest BCUT2D eigenvalue weighted by molar-refractivity contribution is -0.385. The number of carbonyl (C=O) groups excluding carboxylic acids is 1. The topological polar surface area (TPSA) is 104 Å². The highest BCUT2D eigenvalue weighted by Gasteiger charge is 2.17. The summed E-state index contributed by atoms with van der Waals surface area (Å²) >= 11 is 0.775. The van der Waals surface area contributed by atoms with E-state index in [1.54, 1.807) is 6.92 Å². The lowest BCUT2D eigenvalue weighted by Gasteiger charge is -2.01. The van der Waals surface area contributed by atoms with Crippen LogP contribution in [0.2, 0.25) is 0 Å². The number of carbonyl (C=O) groups is 1. The molecule has 10 heteroatoms. The van der Waals surface area contributed by atoms with E-state index in [9.17, 15) is 19.3 Å². The SMILES string of the molecule is CCOC(=O)c1nnc(Oc2ccc([N+](=O)[O-])cc2F)s1. The van der Waals surface area contributed by atoms with Crippen LogP contribution in [0.3, 0.4) is 0 Å². The second-order valence-electron chi connectivity index (χ2n) is 3.57. The van der Waals surface area contributed by atoms with Gasteiger partial charge in [-0.05, 0) is 24.3 Å². The third-order valence-electron chi connectivity index (χ3n) is 2.18. The van der Waals surface area contributed by atoms with E-state index in [1.807, 2.05) is 0 Å². The van der Waals surface area contributed by atoms with E-state index in [2.05, 4.69) is 10.2 Å². The number of hydrogen-bond acceptors (Lipinski definition) is 8. The molecular weight excluding hydrogens is 305 g/mol. The van der Waals surface area contributed by atoms with Gasteiger partial charge in [-0.3, -0.25) is 10.1 Å². The van der Waals surface area contributed by atoms with Crippen LogP contribution in [-0.2, 0) is 4.74 Å². The summed E-state index contributed by atoms with van der Waals surface area (Å²) in [5.74, 6) is -1.83. The molecule has 0 aliphatic heterocycles. The monoisotopic (exact) mass is 313 g/mol. The number of benzene rings is 1. The van der Waals surface area contributed by atoms with Crippen LogP contribution in [0.1, 0.15) is 16.7 Å². The quantitative estimate of drug-likeness (QED) is 0.474. The van der Waals surface area contributed by atoms with Gasteiger partial charge in [-0.25, -0.2) is 9.18 Å². The first-order valence-corrected chi connectivity index (χ1v) is 6.45. The average molecular weight is 313 g/mol. The number of nitro benzene ring substituents is 1. The number of ether oxygens (including phenoxy) is 2. The summed E-state index contributed by atoms with van der Waals surface area (Å²) in [5, 5.41) is 17.5. The molecule has 0 spiro atoms. The molecule has 0 atom stereocenters. The summed E-state index contributed by atoms with van der Waals surface area (Å²) in [6, 6.07) is 2.91. The highest BCUT2D eigenvalue weighted by Crippen LogP contribution is 2.29. The molecule has 1 aromatic carbocycles. The van der Waals surface area contributed by atoms with Gasteiger partial charge >= 0.3 is 5.97 Å². The van der Waals surface area contributed by atoms with Gasteiger partial charge < -0.3 is 9.47 Å². The zero-order valence-electron chi connectivity index (χ0n) is 10.6. The van der Waals surface area contributed by atoms with E-state index < -0.39 is 22.4 Å². The third-order valence-corrected chi connectivity index (χ3v) is 2.96. The fraction of sp³-hybridized carbons (Fsp3) is 0.182. The number of aromatic nitrogens is 2. The Morgan fingerprint density at radius 2 is 2.24 bits per heavy atom. The van der Waals surface area contributed by atoms with Crippen LogP contribution < -0.4 is 4.74 Å². The molecule has 0 unspecified atom stereocenters. The molecule has 0 saturated heterocycles. The number of nitrogens with zero attached hydrogens (tertiary/aromatic N) is 3. The molecule has 0 amide bonds. The Hall–Kier alpha value is -2.62. The van der Waals surface area contributed by atoms with Crippen molar-refractivity contribution in [2.45, 2.75) is 6.92 Å². The summed E-state index contributed by atoms with van der Waals surface area (Å²) < 4.78 is 23.4. The van der Waals surface area contributed by atoms with Gasteiger partial charge in [0, 0.05) is 6.07 Å². The summed E-state index contributed by atoms with van der Waals surface area (Å²) in [5.41, 5.74) is -0.399. The second-order valence-corrected chi connectivity index (χ2v) is 4.51. The van der Waals surface area contributed by atoms with E-state index in [0.717, 1.165) is 29.5 Å². The Bertz CT molecular complexity index is 690. The van der Waals surface area contributed by atoms with Gasteiger partial charge in [-0.2, -0.15) is 0 Å². The van der Waals surface area contributed by atoms with Crippen LogP contribution in [0.5, 0.6) is 10.9 Å².